The van der Waals surface area contributed by atoms with Gasteiger partial charge in [-0.25, -0.2) is 0 Å². The molecule has 0 aliphatic carbocycles. The van der Waals surface area contributed by atoms with Crippen LogP contribution in [0.15, 0.2) is 0 Å². The van der Waals surface area contributed by atoms with Gasteiger partial charge in [-0.05, 0) is 45.6 Å². The number of hydrogen-bond donors (Lipinski definition) is 2. The molecular weight excluding hydrogens is 262 g/mol. The molecule has 0 radical (unpaired) electrons. The molecule has 0 atom stereocenters. The van der Waals surface area contributed by atoms with Gasteiger partial charge in [-0.3, -0.25) is 0 Å². The highest BCUT2D eigenvalue weighted by molar-refractivity contribution is 4.70. The molecule has 5 heteroatoms. The molecule has 2 aliphatic rings. The zero-order valence-electron chi connectivity index (χ0n) is 13.9. The van der Waals surface area contributed by atoms with Gasteiger partial charge in [0.1, 0.15) is 0 Å². The van der Waals surface area contributed by atoms with E-state index in [2.05, 4.69) is 32.3 Å². The Hall–Kier alpha value is -0.200. The van der Waals surface area contributed by atoms with Crippen LogP contribution in [0.1, 0.15) is 19.8 Å². The van der Waals surface area contributed by atoms with Crippen LogP contribution in [0.4, 0.5) is 0 Å². The molecule has 0 aromatic carbocycles. The summed E-state index contributed by atoms with van der Waals surface area (Å²) in [5.74, 6) is 0. The summed E-state index contributed by atoms with van der Waals surface area (Å²) in [6.07, 6.45) is 2.64. The van der Waals surface area contributed by atoms with Crippen molar-refractivity contribution in [3.05, 3.63) is 0 Å². The lowest BCUT2D eigenvalue weighted by atomic mass is 10.2. The molecule has 124 valence electrons. The smallest absolute Gasteiger partial charge is 0.0107 e. The number of piperazine rings is 2. The minimum atomic E-state index is 1.17. The van der Waals surface area contributed by atoms with E-state index in [0.29, 0.717) is 0 Å². The summed E-state index contributed by atoms with van der Waals surface area (Å²) in [4.78, 5) is 7.83. The Labute approximate surface area is 131 Å². The van der Waals surface area contributed by atoms with Gasteiger partial charge in [0.15, 0.2) is 0 Å². The first kappa shape index (κ1) is 17.2. The Morgan fingerprint density at radius 1 is 0.762 bits per heavy atom. The van der Waals surface area contributed by atoms with E-state index in [1.807, 2.05) is 0 Å². The minimum Gasteiger partial charge on any atom is -0.314 e. The molecule has 5 nitrogen and oxygen atoms in total. The van der Waals surface area contributed by atoms with Crippen molar-refractivity contribution >= 4 is 0 Å². The van der Waals surface area contributed by atoms with Crippen molar-refractivity contribution in [2.24, 2.45) is 0 Å². The predicted molar refractivity (Wildman–Crippen MR) is 90.0 cm³/mol. The topological polar surface area (TPSA) is 33.8 Å². The largest absolute Gasteiger partial charge is 0.314 e. The summed E-state index contributed by atoms with van der Waals surface area (Å²) in [6.45, 7) is 18.2. The standard InChI is InChI=1S/C16H35N5/c1-2-19(9-3-11-20-13-5-17-6-14-20)10-4-12-21-15-7-18-8-16-21/h17-18H,2-16H2,1H3. The van der Waals surface area contributed by atoms with E-state index in [1.165, 1.54) is 97.9 Å². The van der Waals surface area contributed by atoms with E-state index in [9.17, 15) is 0 Å². The molecule has 0 bridgehead atoms. The Morgan fingerprint density at radius 3 is 1.57 bits per heavy atom. The van der Waals surface area contributed by atoms with E-state index in [1.54, 1.807) is 0 Å². The van der Waals surface area contributed by atoms with Gasteiger partial charge in [0, 0.05) is 52.4 Å². The van der Waals surface area contributed by atoms with Crippen molar-refractivity contribution in [1.29, 1.82) is 0 Å². The van der Waals surface area contributed by atoms with Gasteiger partial charge in [-0.2, -0.15) is 0 Å². The molecule has 2 heterocycles. The van der Waals surface area contributed by atoms with E-state index in [4.69, 9.17) is 0 Å². The summed E-state index contributed by atoms with van der Waals surface area (Å²) in [5.41, 5.74) is 0. The summed E-state index contributed by atoms with van der Waals surface area (Å²) < 4.78 is 0. The lowest BCUT2D eigenvalue weighted by molar-refractivity contribution is 0.197. The second-order valence-electron chi connectivity index (χ2n) is 6.32. The number of rotatable bonds is 9. The third kappa shape index (κ3) is 7.06. The summed E-state index contributed by atoms with van der Waals surface area (Å²) in [6, 6.07) is 0. The molecule has 2 saturated heterocycles. The van der Waals surface area contributed by atoms with Crippen LogP contribution in [-0.4, -0.2) is 99.8 Å². The van der Waals surface area contributed by atoms with Gasteiger partial charge in [0.2, 0.25) is 0 Å². The first-order valence-electron chi connectivity index (χ1n) is 8.97. The fraction of sp³-hybridized carbons (Fsp3) is 1.00. The fourth-order valence-corrected chi connectivity index (χ4v) is 3.33. The van der Waals surface area contributed by atoms with E-state index >= 15 is 0 Å². The van der Waals surface area contributed by atoms with Crippen LogP contribution in [0.25, 0.3) is 0 Å². The Morgan fingerprint density at radius 2 is 1.19 bits per heavy atom. The zero-order chi connectivity index (χ0) is 14.8. The summed E-state index contributed by atoms with van der Waals surface area (Å²) in [7, 11) is 0. The maximum Gasteiger partial charge on any atom is 0.0107 e. The van der Waals surface area contributed by atoms with Crippen LogP contribution in [0.2, 0.25) is 0 Å². The lowest BCUT2D eigenvalue weighted by Gasteiger charge is -2.29. The highest BCUT2D eigenvalue weighted by atomic mass is 15.2. The van der Waals surface area contributed by atoms with E-state index < -0.39 is 0 Å². The average molecular weight is 297 g/mol. The normalized spacial score (nSPS) is 22.0. The van der Waals surface area contributed by atoms with Crippen LogP contribution in [0, 0.1) is 0 Å². The molecule has 2 aliphatic heterocycles. The van der Waals surface area contributed by atoms with Crippen molar-refractivity contribution < 1.29 is 0 Å². The van der Waals surface area contributed by atoms with Gasteiger partial charge in [-0.15, -0.1) is 0 Å². The summed E-state index contributed by atoms with van der Waals surface area (Å²) >= 11 is 0. The Kier molecular flexibility index (Phi) is 8.59. The zero-order valence-corrected chi connectivity index (χ0v) is 13.9. The van der Waals surface area contributed by atoms with E-state index in [-0.39, 0.29) is 0 Å². The molecular formula is C16H35N5. The molecule has 2 rings (SSSR count). The number of nitrogens with one attached hydrogen (secondary N) is 2. The molecule has 0 aromatic rings. The third-order valence-electron chi connectivity index (χ3n) is 4.76. The monoisotopic (exact) mass is 297 g/mol. The van der Waals surface area contributed by atoms with Gasteiger partial charge >= 0.3 is 0 Å². The van der Waals surface area contributed by atoms with Crippen molar-refractivity contribution in [2.75, 3.05) is 85.1 Å². The molecule has 21 heavy (non-hydrogen) atoms. The van der Waals surface area contributed by atoms with Crippen LogP contribution in [0.3, 0.4) is 0 Å². The molecule has 0 unspecified atom stereocenters. The van der Waals surface area contributed by atoms with Crippen molar-refractivity contribution in [3.8, 4) is 0 Å². The van der Waals surface area contributed by atoms with Crippen LogP contribution < -0.4 is 10.6 Å². The van der Waals surface area contributed by atoms with Gasteiger partial charge in [0.05, 0.1) is 0 Å². The lowest BCUT2D eigenvalue weighted by Crippen LogP contribution is -2.45. The maximum atomic E-state index is 3.42. The van der Waals surface area contributed by atoms with Crippen LogP contribution in [0.5, 0.6) is 0 Å². The minimum absolute atomic E-state index is 1.17. The van der Waals surface area contributed by atoms with Crippen LogP contribution in [-0.2, 0) is 0 Å². The molecule has 0 spiro atoms. The predicted octanol–water partition coefficient (Wildman–Crippen LogP) is -0.101. The molecule has 0 amide bonds. The molecule has 2 N–H and O–H groups in total. The van der Waals surface area contributed by atoms with E-state index in [0.717, 1.165) is 0 Å². The first-order chi connectivity index (χ1) is 10.4. The highest BCUT2D eigenvalue weighted by Crippen LogP contribution is 2.00. The second kappa shape index (κ2) is 10.5. The number of nitrogens with zero attached hydrogens (tertiary/aromatic N) is 3. The van der Waals surface area contributed by atoms with Gasteiger partial charge in [0.25, 0.3) is 0 Å². The first-order valence-corrected chi connectivity index (χ1v) is 8.97. The third-order valence-corrected chi connectivity index (χ3v) is 4.76. The van der Waals surface area contributed by atoms with Crippen molar-refractivity contribution in [1.82, 2.24) is 25.3 Å². The molecule has 0 aromatic heterocycles. The van der Waals surface area contributed by atoms with Crippen LogP contribution >= 0.6 is 0 Å². The second-order valence-corrected chi connectivity index (χ2v) is 6.32. The Bertz CT molecular complexity index is 225. The molecule has 2 fully saturated rings. The SMILES string of the molecule is CCN(CCCN1CCNCC1)CCCN1CCNCC1. The van der Waals surface area contributed by atoms with Crippen molar-refractivity contribution in [3.63, 3.8) is 0 Å². The number of hydrogen-bond acceptors (Lipinski definition) is 5. The quantitative estimate of drug-likeness (QED) is 0.621. The highest BCUT2D eigenvalue weighted by Gasteiger charge is 2.11. The summed E-state index contributed by atoms with van der Waals surface area (Å²) in [5, 5.41) is 6.85. The fourth-order valence-electron chi connectivity index (χ4n) is 3.33. The van der Waals surface area contributed by atoms with Crippen molar-refractivity contribution in [2.45, 2.75) is 19.8 Å². The average Bonchev–Trinajstić information content (AvgIpc) is 2.55. The Balaban J connectivity index is 1.50. The molecule has 0 saturated carbocycles. The maximum absolute atomic E-state index is 3.42. The van der Waals surface area contributed by atoms with Gasteiger partial charge < -0.3 is 25.3 Å². The van der Waals surface area contributed by atoms with Gasteiger partial charge in [-0.1, -0.05) is 6.92 Å².